The Kier molecular flexibility index (Phi) is 10.9. The van der Waals surface area contributed by atoms with Gasteiger partial charge in [0, 0.05) is 50.2 Å². The monoisotopic (exact) mass is 443 g/mol. The molecular weight excluding hydrogens is 417 g/mol. The average molecular weight is 445 g/mol. The van der Waals surface area contributed by atoms with Crippen LogP contribution in [0.2, 0.25) is 5.02 Å². The summed E-state index contributed by atoms with van der Waals surface area (Å²) in [5.41, 5.74) is 8.48. The predicted octanol–water partition coefficient (Wildman–Crippen LogP) is 4.31. The van der Waals surface area contributed by atoms with Gasteiger partial charge in [0.05, 0.1) is 0 Å². The van der Waals surface area contributed by atoms with Crippen LogP contribution in [-0.2, 0) is 11.3 Å². The molecule has 1 heterocycles. The van der Waals surface area contributed by atoms with Gasteiger partial charge >= 0.3 is 0 Å². The average Bonchev–Trinajstić information content (AvgIpc) is 2.90. The van der Waals surface area contributed by atoms with Crippen molar-refractivity contribution < 1.29 is 4.79 Å². The van der Waals surface area contributed by atoms with Crippen molar-refractivity contribution in [3.8, 4) is 0 Å². The Bertz CT molecular complexity index is 713. The molecule has 0 saturated carbocycles. The van der Waals surface area contributed by atoms with E-state index in [0.717, 1.165) is 49.7 Å². The van der Waals surface area contributed by atoms with Crippen molar-refractivity contribution in [1.82, 2.24) is 9.80 Å². The molecule has 4 nitrogen and oxygen atoms in total. The Balaban J connectivity index is 0.00000196. The lowest BCUT2D eigenvalue weighted by Crippen LogP contribution is -2.36. The van der Waals surface area contributed by atoms with Crippen LogP contribution in [0.15, 0.2) is 54.6 Å². The molecule has 1 aliphatic heterocycles. The number of nitrogens with zero attached hydrogens (tertiary/aromatic N) is 2. The molecule has 1 amide bonds. The van der Waals surface area contributed by atoms with Crippen LogP contribution < -0.4 is 5.73 Å². The normalized spacial score (nSPS) is 15.7. The smallest absolute Gasteiger partial charge is 0.224 e. The van der Waals surface area contributed by atoms with E-state index in [2.05, 4.69) is 17.0 Å². The fourth-order valence-electron chi connectivity index (χ4n) is 3.36. The first kappa shape index (κ1) is 24.7. The number of nitrogens with two attached hydrogens (primary N) is 1. The summed E-state index contributed by atoms with van der Waals surface area (Å²) in [5.74, 6) is 0.148. The third-order valence-corrected chi connectivity index (χ3v) is 5.13. The van der Waals surface area contributed by atoms with Gasteiger partial charge in [-0.15, -0.1) is 24.8 Å². The first-order valence-electron chi connectivity index (χ1n) is 9.17. The van der Waals surface area contributed by atoms with Gasteiger partial charge in [0.1, 0.15) is 0 Å². The van der Waals surface area contributed by atoms with Crippen LogP contribution in [0.25, 0.3) is 0 Å². The molecule has 1 fully saturated rings. The summed E-state index contributed by atoms with van der Waals surface area (Å²) in [6.45, 7) is 4.33. The van der Waals surface area contributed by atoms with E-state index in [4.69, 9.17) is 17.3 Å². The Morgan fingerprint density at radius 2 is 1.64 bits per heavy atom. The van der Waals surface area contributed by atoms with Gasteiger partial charge in [-0.3, -0.25) is 9.69 Å². The van der Waals surface area contributed by atoms with Crippen LogP contribution in [-0.4, -0.2) is 41.9 Å². The predicted molar refractivity (Wildman–Crippen MR) is 120 cm³/mol. The van der Waals surface area contributed by atoms with Crippen molar-refractivity contribution in [2.24, 2.45) is 5.73 Å². The number of amides is 1. The molecule has 0 radical (unpaired) electrons. The molecule has 0 bridgehead atoms. The Morgan fingerprint density at radius 3 is 2.32 bits per heavy atom. The molecule has 0 aromatic heterocycles. The number of rotatable bonds is 5. The SMILES string of the molecule is Cl.Cl.NC(CC(=O)N1CCCN(Cc2ccc(Cl)cc2)CC1)c1ccccc1. The van der Waals surface area contributed by atoms with Gasteiger partial charge < -0.3 is 10.6 Å². The van der Waals surface area contributed by atoms with Gasteiger partial charge in [-0.25, -0.2) is 0 Å². The van der Waals surface area contributed by atoms with Crippen molar-refractivity contribution >= 4 is 42.3 Å². The van der Waals surface area contributed by atoms with Gasteiger partial charge in [-0.1, -0.05) is 54.1 Å². The molecule has 1 unspecified atom stereocenters. The second-order valence-corrected chi connectivity index (χ2v) is 7.29. The molecule has 1 aliphatic rings. The minimum atomic E-state index is -0.239. The summed E-state index contributed by atoms with van der Waals surface area (Å²) in [4.78, 5) is 17.0. The highest BCUT2D eigenvalue weighted by atomic mass is 35.5. The van der Waals surface area contributed by atoms with E-state index in [1.165, 1.54) is 5.56 Å². The zero-order valence-corrected chi connectivity index (χ0v) is 18.2. The number of hydrogen-bond donors (Lipinski definition) is 1. The lowest BCUT2D eigenvalue weighted by Gasteiger charge is -2.23. The summed E-state index contributed by atoms with van der Waals surface area (Å²) in [5, 5.41) is 0.760. The molecule has 2 aromatic rings. The van der Waals surface area contributed by atoms with E-state index in [1.807, 2.05) is 47.4 Å². The highest BCUT2D eigenvalue weighted by molar-refractivity contribution is 6.30. The van der Waals surface area contributed by atoms with Crippen LogP contribution in [0.5, 0.6) is 0 Å². The maximum Gasteiger partial charge on any atom is 0.224 e. The third kappa shape index (κ3) is 7.26. The maximum absolute atomic E-state index is 12.6. The topological polar surface area (TPSA) is 49.6 Å². The van der Waals surface area contributed by atoms with Gasteiger partial charge in [-0.2, -0.15) is 0 Å². The van der Waals surface area contributed by atoms with E-state index < -0.39 is 0 Å². The Hall–Kier alpha value is -1.30. The van der Waals surface area contributed by atoms with Crippen molar-refractivity contribution in [2.45, 2.75) is 25.4 Å². The van der Waals surface area contributed by atoms with Gasteiger partial charge in [0.25, 0.3) is 0 Å². The summed E-state index contributed by atoms with van der Waals surface area (Å²) in [7, 11) is 0. The second-order valence-electron chi connectivity index (χ2n) is 6.86. The van der Waals surface area contributed by atoms with Crippen molar-refractivity contribution in [3.05, 3.63) is 70.7 Å². The lowest BCUT2D eigenvalue weighted by atomic mass is 10.0. The van der Waals surface area contributed by atoms with Crippen LogP contribution >= 0.6 is 36.4 Å². The standard InChI is InChI=1S/C21H26ClN3O.2ClH/c22-19-9-7-17(8-10-19)16-24-11-4-12-25(14-13-24)21(26)15-20(23)18-5-2-1-3-6-18;;/h1-3,5-10,20H,4,11-16,23H2;2*1H. The van der Waals surface area contributed by atoms with Crippen molar-refractivity contribution in [2.75, 3.05) is 26.2 Å². The highest BCUT2D eigenvalue weighted by Gasteiger charge is 2.21. The van der Waals surface area contributed by atoms with Crippen molar-refractivity contribution in [1.29, 1.82) is 0 Å². The summed E-state index contributed by atoms with van der Waals surface area (Å²) < 4.78 is 0. The summed E-state index contributed by atoms with van der Waals surface area (Å²) in [6, 6.07) is 17.6. The molecule has 0 spiro atoms. The molecule has 3 rings (SSSR count). The molecule has 2 aromatic carbocycles. The number of benzene rings is 2. The van der Waals surface area contributed by atoms with Crippen molar-refractivity contribution in [3.63, 3.8) is 0 Å². The minimum Gasteiger partial charge on any atom is -0.341 e. The molecule has 1 saturated heterocycles. The second kappa shape index (κ2) is 12.3. The molecule has 2 N–H and O–H groups in total. The number of carbonyl (C=O) groups excluding carboxylic acids is 1. The van der Waals surface area contributed by atoms with Gasteiger partial charge in [-0.05, 0) is 29.7 Å². The quantitative estimate of drug-likeness (QED) is 0.747. The molecular formula is C21H28Cl3N3O. The molecule has 0 aliphatic carbocycles. The zero-order chi connectivity index (χ0) is 18.4. The fourth-order valence-corrected chi connectivity index (χ4v) is 3.49. The van der Waals surface area contributed by atoms with Crippen LogP contribution in [0.4, 0.5) is 0 Å². The number of halogens is 3. The van der Waals surface area contributed by atoms with Crippen LogP contribution in [0.3, 0.4) is 0 Å². The van der Waals surface area contributed by atoms with E-state index in [-0.39, 0.29) is 36.8 Å². The zero-order valence-electron chi connectivity index (χ0n) is 15.8. The first-order chi connectivity index (χ1) is 12.6. The number of carbonyl (C=O) groups is 1. The Morgan fingerprint density at radius 1 is 0.964 bits per heavy atom. The van der Waals surface area contributed by atoms with E-state index >= 15 is 0 Å². The summed E-state index contributed by atoms with van der Waals surface area (Å²) in [6.07, 6.45) is 1.35. The lowest BCUT2D eigenvalue weighted by molar-refractivity contribution is -0.131. The minimum absolute atomic E-state index is 0. The van der Waals surface area contributed by atoms with Gasteiger partial charge in [0.2, 0.25) is 5.91 Å². The molecule has 154 valence electrons. The Labute approximate surface area is 184 Å². The van der Waals surface area contributed by atoms with Crippen LogP contribution in [0.1, 0.15) is 30.0 Å². The molecule has 28 heavy (non-hydrogen) atoms. The molecule has 1 atom stereocenters. The first-order valence-corrected chi connectivity index (χ1v) is 9.55. The number of hydrogen-bond acceptors (Lipinski definition) is 3. The van der Waals surface area contributed by atoms with Crippen LogP contribution in [0, 0.1) is 0 Å². The molecule has 7 heteroatoms. The maximum atomic E-state index is 12.6. The van der Waals surface area contributed by atoms with E-state index in [0.29, 0.717) is 6.42 Å². The summed E-state index contributed by atoms with van der Waals surface area (Å²) >= 11 is 5.95. The van der Waals surface area contributed by atoms with E-state index in [9.17, 15) is 4.79 Å². The van der Waals surface area contributed by atoms with Gasteiger partial charge in [0.15, 0.2) is 0 Å². The van der Waals surface area contributed by atoms with E-state index in [1.54, 1.807) is 0 Å². The highest BCUT2D eigenvalue weighted by Crippen LogP contribution is 2.17. The third-order valence-electron chi connectivity index (χ3n) is 4.88. The largest absolute Gasteiger partial charge is 0.341 e. The fraction of sp³-hybridized carbons (Fsp3) is 0.381.